The number of carbonyl (C=O) groups is 1. The fourth-order valence-electron chi connectivity index (χ4n) is 3.25. The number of H-pyrrole nitrogens is 1. The predicted molar refractivity (Wildman–Crippen MR) is 106 cm³/mol. The van der Waals surface area contributed by atoms with Crippen molar-refractivity contribution in [3.05, 3.63) is 48.0 Å². The van der Waals surface area contributed by atoms with Crippen molar-refractivity contribution in [2.24, 2.45) is 0 Å². The second-order valence-electron chi connectivity index (χ2n) is 6.03. The van der Waals surface area contributed by atoms with Crippen LogP contribution in [0.15, 0.2) is 47.4 Å². The first-order chi connectivity index (χ1) is 13.0. The number of aromatic nitrogens is 1. The average Bonchev–Trinajstić information content (AvgIpc) is 3.06. The summed E-state index contributed by atoms with van der Waals surface area (Å²) in [4.78, 5) is 15.3. The first-order valence-electron chi connectivity index (χ1n) is 8.72. The SMILES string of the molecule is CCN(CC)S(=O)(=O)c1ccc2[nH]c(-c3ccccc3OC)c(C=O)c2c1. The van der Waals surface area contributed by atoms with Crippen molar-refractivity contribution in [2.45, 2.75) is 18.7 Å². The zero-order valence-electron chi connectivity index (χ0n) is 15.5. The van der Waals surface area contributed by atoms with Gasteiger partial charge in [0.25, 0.3) is 0 Å². The van der Waals surface area contributed by atoms with E-state index < -0.39 is 10.0 Å². The van der Waals surface area contributed by atoms with Gasteiger partial charge in [0, 0.05) is 35.1 Å². The number of sulfonamides is 1. The van der Waals surface area contributed by atoms with Gasteiger partial charge in [0.05, 0.1) is 17.7 Å². The van der Waals surface area contributed by atoms with Crippen LogP contribution in [0.2, 0.25) is 0 Å². The minimum Gasteiger partial charge on any atom is -0.496 e. The van der Waals surface area contributed by atoms with Crippen LogP contribution in [0.25, 0.3) is 22.2 Å². The summed E-state index contributed by atoms with van der Waals surface area (Å²) in [6.07, 6.45) is 0.744. The van der Waals surface area contributed by atoms with Gasteiger partial charge in [0.2, 0.25) is 10.0 Å². The Bertz CT molecular complexity index is 1080. The normalized spacial score (nSPS) is 11.9. The van der Waals surface area contributed by atoms with Gasteiger partial charge in [-0.25, -0.2) is 8.42 Å². The van der Waals surface area contributed by atoms with Gasteiger partial charge in [-0.1, -0.05) is 26.0 Å². The third-order valence-corrected chi connectivity index (χ3v) is 6.69. The minimum atomic E-state index is -3.61. The molecule has 27 heavy (non-hydrogen) atoms. The Kier molecular flexibility index (Phi) is 5.34. The van der Waals surface area contributed by atoms with Crippen molar-refractivity contribution >= 4 is 27.2 Å². The number of rotatable bonds is 7. The lowest BCUT2D eigenvalue weighted by atomic mass is 10.1. The van der Waals surface area contributed by atoms with Crippen LogP contribution in [-0.2, 0) is 10.0 Å². The van der Waals surface area contributed by atoms with Crippen LogP contribution >= 0.6 is 0 Å². The molecule has 0 radical (unpaired) electrons. The Morgan fingerprint density at radius 3 is 2.44 bits per heavy atom. The molecule has 3 rings (SSSR count). The van der Waals surface area contributed by atoms with Crippen molar-refractivity contribution in [1.29, 1.82) is 0 Å². The summed E-state index contributed by atoms with van der Waals surface area (Å²) in [5.74, 6) is 0.628. The highest BCUT2D eigenvalue weighted by atomic mass is 32.2. The largest absolute Gasteiger partial charge is 0.496 e. The number of nitrogens with one attached hydrogen (secondary N) is 1. The van der Waals surface area contributed by atoms with Crippen LogP contribution in [-0.4, -0.2) is 44.2 Å². The molecule has 3 aromatic rings. The second kappa shape index (κ2) is 7.54. The summed E-state index contributed by atoms with van der Waals surface area (Å²) in [6, 6.07) is 12.2. The molecule has 0 amide bonds. The van der Waals surface area contributed by atoms with Crippen molar-refractivity contribution in [2.75, 3.05) is 20.2 Å². The number of fused-ring (bicyclic) bond motifs is 1. The first kappa shape index (κ1) is 19.1. The lowest BCUT2D eigenvalue weighted by molar-refractivity contribution is 0.112. The molecule has 6 nitrogen and oxygen atoms in total. The number of benzene rings is 2. The molecule has 0 fully saturated rings. The van der Waals surface area contributed by atoms with Gasteiger partial charge in [-0.05, 0) is 30.3 Å². The van der Waals surface area contributed by atoms with Gasteiger partial charge in [-0.3, -0.25) is 4.79 Å². The van der Waals surface area contributed by atoms with E-state index in [1.54, 1.807) is 39.2 Å². The highest BCUT2D eigenvalue weighted by Crippen LogP contribution is 2.35. The van der Waals surface area contributed by atoms with Crippen LogP contribution in [0.1, 0.15) is 24.2 Å². The van der Waals surface area contributed by atoms with Gasteiger partial charge in [-0.15, -0.1) is 0 Å². The number of methoxy groups -OCH3 is 1. The van der Waals surface area contributed by atoms with Gasteiger partial charge in [0.15, 0.2) is 6.29 Å². The maximum atomic E-state index is 12.8. The van der Waals surface area contributed by atoms with Gasteiger partial charge in [0.1, 0.15) is 5.75 Å². The zero-order valence-corrected chi connectivity index (χ0v) is 16.3. The Labute approximate surface area is 158 Å². The summed E-state index contributed by atoms with van der Waals surface area (Å²) >= 11 is 0. The minimum absolute atomic E-state index is 0.173. The van der Waals surface area contributed by atoms with E-state index in [0.29, 0.717) is 41.0 Å². The topological polar surface area (TPSA) is 79.5 Å². The van der Waals surface area contributed by atoms with E-state index in [9.17, 15) is 13.2 Å². The molecule has 0 spiro atoms. The Morgan fingerprint density at radius 2 is 1.81 bits per heavy atom. The summed E-state index contributed by atoms with van der Waals surface area (Å²) in [5.41, 5.74) is 2.45. The summed E-state index contributed by atoms with van der Waals surface area (Å²) in [5, 5.41) is 0.569. The number of ether oxygens (including phenoxy) is 1. The van der Waals surface area contributed by atoms with Crippen molar-refractivity contribution in [1.82, 2.24) is 9.29 Å². The van der Waals surface area contributed by atoms with E-state index in [0.717, 1.165) is 11.8 Å². The molecule has 0 saturated heterocycles. The predicted octanol–water partition coefficient (Wildman–Crippen LogP) is 3.69. The molecule has 2 aromatic carbocycles. The standard InChI is InChI=1S/C20H22N2O4S/c1-4-22(5-2)27(24,25)14-10-11-18-16(12-14)17(13-23)20(21-18)15-8-6-7-9-19(15)26-3/h6-13,21H,4-5H2,1-3H3. The van der Waals surface area contributed by atoms with E-state index in [1.807, 2.05) is 24.3 Å². The molecule has 1 heterocycles. The monoisotopic (exact) mass is 386 g/mol. The third-order valence-electron chi connectivity index (χ3n) is 4.65. The van der Waals surface area contributed by atoms with Crippen LogP contribution in [0.5, 0.6) is 5.75 Å². The van der Waals surface area contributed by atoms with Gasteiger partial charge >= 0.3 is 0 Å². The highest BCUT2D eigenvalue weighted by Gasteiger charge is 2.23. The van der Waals surface area contributed by atoms with Crippen molar-refractivity contribution < 1.29 is 17.9 Å². The molecule has 0 aliphatic heterocycles. The lowest BCUT2D eigenvalue weighted by Crippen LogP contribution is -2.30. The summed E-state index contributed by atoms with van der Waals surface area (Å²) < 4.78 is 32.4. The number of nitrogens with zero attached hydrogens (tertiary/aromatic N) is 1. The van der Waals surface area contributed by atoms with E-state index in [2.05, 4.69) is 4.98 Å². The molecule has 0 unspecified atom stereocenters. The Balaban J connectivity index is 2.23. The maximum absolute atomic E-state index is 12.8. The van der Waals surface area contributed by atoms with Crippen LogP contribution in [0, 0.1) is 0 Å². The molecule has 0 aliphatic rings. The van der Waals surface area contributed by atoms with Crippen molar-refractivity contribution in [3.63, 3.8) is 0 Å². The molecule has 0 bridgehead atoms. The molecule has 1 aromatic heterocycles. The van der Waals surface area contributed by atoms with Gasteiger partial charge < -0.3 is 9.72 Å². The smallest absolute Gasteiger partial charge is 0.243 e. The molecule has 7 heteroatoms. The van der Waals surface area contributed by atoms with Crippen molar-refractivity contribution in [3.8, 4) is 17.0 Å². The van der Waals surface area contributed by atoms with E-state index in [4.69, 9.17) is 4.74 Å². The zero-order chi connectivity index (χ0) is 19.6. The second-order valence-corrected chi connectivity index (χ2v) is 7.97. The van der Waals surface area contributed by atoms with Crippen LogP contribution < -0.4 is 4.74 Å². The van der Waals surface area contributed by atoms with Crippen LogP contribution in [0.4, 0.5) is 0 Å². The summed E-state index contributed by atoms with van der Waals surface area (Å²) in [6.45, 7) is 4.37. The van der Waals surface area contributed by atoms with Gasteiger partial charge in [-0.2, -0.15) is 4.31 Å². The Morgan fingerprint density at radius 1 is 1.11 bits per heavy atom. The molecule has 142 valence electrons. The average molecular weight is 386 g/mol. The quantitative estimate of drug-likeness (QED) is 0.628. The maximum Gasteiger partial charge on any atom is 0.243 e. The third kappa shape index (κ3) is 3.24. The molecule has 0 atom stereocenters. The number of hydrogen-bond acceptors (Lipinski definition) is 4. The molecule has 0 aliphatic carbocycles. The first-order valence-corrected chi connectivity index (χ1v) is 10.2. The number of aromatic amines is 1. The molecular weight excluding hydrogens is 364 g/mol. The number of para-hydroxylation sites is 1. The molecule has 0 saturated carbocycles. The number of aldehydes is 1. The Hall–Kier alpha value is -2.64. The highest BCUT2D eigenvalue weighted by molar-refractivity contribution is 7.89. The fraction of sp³-hybridized carbons (Fsp3) is 0.250. The fourth-order valence-corrected chi connectivity index (χ4v) is 4.74. The number of hydrogen-bond donors (Lipinski definition) is 1. The lowest BCUT2D eigenvalue weighted by Gasteiger charge is -2.18. The van der Waals surface area contributed by atoms with Crippen LogP contribution in [0.3, 0.4) is 0 Å². The summed E-state index contributed by atoms with van der Waals surface area (Å²) in [7, 11) is -2.04. The van der Waals surface area contributed by atoms with E-state index in [1.165, 1.54) is 4.31 Å². The number of carbonyl (C=O) groups excluding carboxylic acids is 1. The molecule has 1 N–H and O–H groups in total. The molecular formula is C20H22N2O4S. The van der Waals surface area contributed by atoms with E-state index in [-0.39, 0.29) is 4.90 Å². The van der Waals surface area contributed by atoms with E-state index >= 15 is 0 Å².